The monoisotopic (exact) mass is 521 g/mol. The highest BCUT2D eigenvalue weighted by molar-refractivity contribution is 6.88. The van der Waals surface area contributed by atoms with E-state index in [-0.39, 0.29) is 6.04 Å². The van der Waals surface area contributed by atoms with E-state index >= 15 is 0 Å². The average molecular weight is 522 g/mol. The first-order valence-electron chi connectivity index (χ1n) is 13.6. The largest absolute Gasteiger partial charge is 0.486 e. The number of pyridine rings is 1. The predicted octanol–water partition coefficient (Wildman–Crippen LogP) is 6.39. The lowest BCUT2D eigenvalue weighted by Gasteiger charge is -2.18. The molecule has 0 aliphatic carbocycles. The van der Waals surface area contributed by atoms with Crippen LogP contribution in [0.3, 0.4) is 0 Å². The second-order valence-electron chi connectivity index (χ2n) is 11.1. The van der Waals surface area contributed by atoms with Gasteiger partial charge in [-0.05, 0) is 43.3 Å². The van der Waals surface area contributed by atoms with Crippen molar-refractivity contribution in [2.24, 2.45) is 0 Å². The summed E-state index contributed by atoms with van der Waals surface area (Å²) in [6.45, 7) is 15.3. The molecule has 0 N–H and O–H groups in total. The molecule has 3 aromatic carbocycles. The lowest BCUT2D eigenvalue weighted by Crippen LogP contribution is -2.50. The topological polar surface area (TPSA) is 21.9 Å². The van der Waals surface area contributed by atoms with Gasteiger partial charge >= 0.3 is 0 Å². The van der Waals surface area contributed by atoms with Crippen molar-refractivity contribution in [3.8, 4) is 22.8 Å². The number of hydrogen-bond donors (Lipinski definition) is 0. The molecule has 0 amide bonds. The number of imidazole rings is 1. The van der Waals surface area contributed by atoms with Gasteiger partial charge in [0.25, 0.3) is 5.82 Å². The summed E-state index contributed by atoms with van der Waals surface area (Å²) in [5.74, 6) is 2.04. The van der Waals surface area contributed by atoms with Gasteiger partial charge in [-0.25, -0.2) is 4.57 Å². The first kappa shape index (κ1) is 25.9. The van der Waals surface area contributed by atoms with Crippen LogP contribution in [0.1, 0.15) is 25.6 Å². The summed E-state index contributed by atoms with van der Waals surface area (Å²) < 4.78 is 13.8. The molecule has 4 nitrogen and oxygen atoms in total. The van der Waals surface area contributed by atoms with Gasteiger partial charge in [-0.2, -0.15) is 9.13 Å². The van der Waals surface area contributed by atoms with E-state index in [2.05, 4.69) is 151 Å². The highest BCUT2D eigenvalue weighted by Crippen LogP contribution is 2.33. The number of rotatable bonds is 8. The van der Waals surface area contributed by atoms with Gasteiger partial charge in [0.05, 0.1) is 14.6 Å². The van der Waals surface area contributed by atoms with Crippen LogP contribution >= 0.6 is 0 Å². The van der Waals surface area contributed by atoms with Crippen molar-refractivity contribution in [2.75, 3.05) is 6.61 Å². The van der Waals surface area contributed by atoms with Crippen LogP contribution in [0.5, 0.6) is 5.75 Å². The van der Waals surface area contributed by atoms with E-state index in [1.807, 2.05) is 0 Å². The molecule has 0 saturated carbocycles. The van der Waals surface area contributed by atoms with Gasteiger partial charge in [0.15, 0.2) is 29.0 Å². The summed E-state index contributed by atoms with van der Waals surface area (Å²) in [5, 5.41) is 1.46. The molecule has 0 fully saturated rings. The Morgan fingerprint density at radius 3 is 2.26 bits per heavy atom. The van der Waals surface area contributed by atoms with E-state index in [9.17, 15) is 0 Å². The molecule has 2 heterocycles. The Labute approximate surface area is 227 Å². The fourth-order valence-corrected chi connectivity index (χ4v) is 6.34. The minimum atomic E-state index is -1.41. The molecule has 5 aromatic rings. The molecule has 1 unspecified atom stereocenters. The Bertz CT molecular complexity index is 1570. The van der Waals surface area contributed by atoms with E-state index in [0.717, 1.165) is 29.4 Å². The number of aromatic nitrogens is 3. The maximum absolute atomic E-state index is 6.64. The van der Waals surface area contributed by atoms with E-state index in [4.69, 9.17) is 4.74 Å². The normalized spacial score (nSPS) is 12.6. The van der Waals surface area contributed by atoms with Crippen LogP contribution in [0.2, 0.25) is 19.6 Å². The zero-order valence-corrected chi connectivity index (χ0v) is 24.5. The second-order valence-corrected chi connectivity index (χ2v) is 16.2. The molecular weight excluding hydrogens is 482 g/mol. The van der Waals surface area contributed by atoms with Crippen LogP contribution < -0.4 is 19.1 Å². The maximum atomic E-state index is 6.64. The number of hydrogen-bond acceptors (Lipinski definition) is 1. The first-order valence-corrected chi connectivity index (χ1v) is 17.1. The van der Waals surface area contributed by atoms with Crippen LogP contribution in [0.4, 0.5) is 0 Å². The molecule has 5 heteroatoms. The van der Waals surface area contributed by atoms with E-state index < -0.39 is 8.07 Å². The van der Waals surface area contributed by atoms with Gasteiger partial charge in [0, 0.05) is 25.1 Å². The molecule has 0 radical (unpaired) electrons. The fraction of sp³-hybridized carbons (Fsp3) is 0.273. The highest BCUT2D eigenvalue weighted by atomic mass is 28.3. The Kier molecular flexibility index (Phi) is 7.22. The van der Waals surface area contributed by atoms with Crippen molar-refractivity contribution >= 4 is 24.3 Å². The van der Waals surface area contributed by atoms with E-state index in [1.54, 1.807) is 0 Å². The van der Waals surface area contributed by atoms with Gasteiger partial charge in [-0.15, -0.1) is 0 Å². The smallest absolute Gasteiger partial charge is 0.298 e. The van der Waals surface area contributed by atoms with Crippen LogP contribution in [0.25, 0.3) is 28.1 Å². The van der Waals surface area contributed by atoms with Gasteiger partial charge in [0.2, 0.25) is 0 Å². The van der Waals surface area contributed by atoms with Gasteiger partial charge in [0.1, 0.15) is 23.6 Å². The Hall–Kier alpha value is -3.70. The molecule has 2 aromatic heterocycles. The fourth-order valence-electron chi connectivity index (χ4n) is 5.23. The Morgan fingerprint density at radius 1 is 0.842 bits per heavy atom. The standard InChI is InChI=1S/C33H39N3OSi/c1-7-34-30-18-12-13-19-31(30)36(27-15-9-8-10-16-27)33(34)29-17-11-14-20-32(29)37-24-26(3)35-23-28(38(4,5)6)22-21-25(35)2/h8-23,26H,7,24H2,1-6H3/q+2. The molecule has 194 valence electrons. The van der Waals surface area contributed by atoms with Gasteiger partial charge in [-0.3, -0.25) is 0 Å². The van der Waals surface area contributed by atoms with Crippen molar-refractivity contribution in [2.45, 2.75) is 53.0 Å². The molecule has 0 saturated heterocycles. The first-order chi connectivity index (χ1) is 18.3. The third kappa shape index (κ3) is 4.91. The van der Waals surface area contributed by atoms with Gasteiger partial charge < -0.3 is 4.74 Å². The van der Waals surface area contributed by atoms with E-state index in [1.165, 1.54) is 21.9 Å². The third-order valence-corrected chi connectivity index (χ3v) is 9.38. The summed E-state index contributed by atoms with van der Waals surface area (Å²) in [6, 6.07) is 32.5. The quantitative estimate of drug-likeness (QED) is 0.171. The summed E-state index contributed by atoms with van der Waals surface area (Å²) in [5.41, 5.74) is 5.89. The molecule has 0 spiro atoms. The molecule has 1 atom stereocenters. The molecule has 0 aliphatic rings. The summed E-state index contributed by atoms with van der Waals surface area (Å²) in [7, 11) is -1.41. The maximum Gasteiger partial charge on any atom is 0.298 e. The highest BCUT2D eigenvalue weighted by Gasteiger charge is 2.30. The van der Waals surface area contributed by atoms with Gasteiger partial charge in [-0.1, -0.05) is 68.2 Å². The third-order valence-electron chi connectivity index (χ3n) is 7.35. The average Bonchev–Trinajstić information content (AvgIpc) is 3.26. The molecule has 38 heavy (non-hydrogen) atoms. The number of aryl methyl sites for hydroxylation is 2. The zero-order valence-electron chi connectivity index (χ0n) is 23.5. The lowest BCUT2D eigenvalue weighted by molar-refractivity contribution is -0.725. The minimum Gasteiger partial charge on any atom is -0.486 e. The second kappa shape index (κ2) is 10.6. The van der Waals surface area contributed by atoms with Crippen molar-refractivity contribution in [3.05, 3.63) is 103 Å². The minimum absolute atomic E-state index is 0.206. The zero-order chi connectivity index (χ0) is 26.9. The van der Waals surface area contributed by atoms with Crippen molar-refractivity contribution < 1.29 is 13.9 Å². The SMILES string of the molecule is CC[n+]1c(-c2ccccc2OCC(C)[n+]2cc([Si](C)(C)C)ccc2C)n(-c2ccccc2)c2ccccc21. The molecule has 5 rings (SSSR count). The number of fused-ring (bicyclic) bond motifs is 1. The van der Waals surface area contributed by atoms with Crippen LogP contribution in [0, 0.1) is 6.92 Å². The Morgan fingerprint density at radius 2 is 1.53 bits per heavy atom. The summed E-state index contributed by atoms with van der Waals surface area (Å²) in [4.78, 5) is 0. The number of para-hydroxylation sites is 4. The summed E-state index contributed by atoms with van der Waals surface area (Å²) in [6.07, 6.45) is 2.35. The number of benzene rings is 3. The molecule has 0 bridgehead atoms. The molecular formula is C33H39N3OSi+2. The van der Waals surface area contributed by atoms with E-state index in [0.29, 0.717) is 6.61 Å². The van der Waals surface area contributed by atoms with Crippen molar-refractivity contribution in [3.63, 3.8) is 0 Å². The van der Waals surface area contributed by atoms with Crippen molar-refractivity contribution in [1.82, 2.24) is 4.57 Å². The predicted molar refractivity (Wildman–Crippen MR) is 159 cm³/mol. The lowest BCUT2D eigenvalue weighted by atomic mass is 10.1. The Balaban J connectivity index is 1.57. The van der Waals surface area contributed by atoms with Crippen molar-refractivity contribution in [1.29, 1.82) is 0 Å². The molecule has 0 aliphatic heterocycles. The van der Waals surface area contributed by atoms with Crippen LogP contribution in [-0.4, -0.2) is 19.2 Å². The number of ether oxygens (including phenoxy) is 1. The summed E-state index contributed by atoms with van der Waals surface area (Å²) >= 11 is 0. The van der Waals surface area contributed by atoms with Crippen LogP contribution in [0.15, 0.2) is 97.2 Å². The van der Waals surface area contributed by atoms with Crippen LogP contribution in [-0.2, 0) is 6.54 Å². The number of nitrogens with zero attached hydrogens (tertiary/aromatic N) is 3.